The molecule has 12 heteroatoms. The molecule has 0 radical (unpaired) electrons. The summed E-state index contributed by atoms with van der Waals surface area (Å²) in [6.07, 6.45) is 2.86. The van der Waals surface area contributed by atoms with Gasteiger partial charge in [-0.05, 0) is 61.0 Å². The smallest absolute Gasteiger partial charge is 0.255 e. The zero-order valence-electron chi connectivity index (χ0n) is 24.3. The SMILES string of the molecule is CNC(=O)c1c(-c2ccc(F)cc2)oc2cc(N(C)S(C)(=O)=O)c(-c3ccc(C)c(-c4nn5ccccc5c4CO)n3)cc12. The van der Waals surface area contributed by atoms with Gasteiger partial charge in [-0.25, -0.2) is 22.3 Å². The van der Waals surface area contributed by atoms with Crippen molar-refractivity contribution in [2.24, 2.45) is 0 Å². The number of hydrogen-bond acceptors (Lipinski definition) is 7. The number of hydrogen-bond donors (Lipinski definition) is 2. The maximum Gasteiger partial charge on any atom is 0.255 e. The number of anilines is 1. The fourth-order valence-corrected chi connectivity index (χ4v) is 5.75. The Bertz CT molecular complexity index is 2190. The second-order valence-corrected chi connectivity index (χ2v) is 12.4. The van der Waals surface area contributed by atoms with Crippen LogP contribution in [0.2, 0.25) is 0 Å². The molecular weight excluding hydrogens is 585 g/mol. The van der Waals surface area contributed by atoms with Crippen LogP contribution in [0.5, 0.6) is 0 Å². The Labute approximate surface area is 252 Å². The van der Waals surface area contributed by atoms with Gasteiger partial charge in [-0.2, -0.15) is 5.10 Å². The Kier molecular flexibility index (Phi) is 7.18. The minimum atomic E-state index is -3.74. The summed E-state index contributed by atoms with van der Waals surface area (Å²) in [6, 6.07) is 17.9. The summed E-state index contributed by atoms with van der Waals surface area (Å²) in [6.45, 7) is 1.61. The summed E-state index contributed by atoms with van der Waals surface area (Å²) in [7, 11) is -0.830. The van der Waals surface area contributed by atoms with Crippen molar-refractivity contribution in [3.63, 3.8) is 0 Å². The maximum absolute atomic E-state index is 13.7. The Hall–Kier alpha value is -5.07. The van der Waals surface area contributed by atoms with E-state index in [1.807, 2.05) is 31.2 Å². The number of furan rings is 1. The molecule has 1 amide bonds. The molecule has 0 saturated heterocycles. The second-order valence-electron chi connectivity index (χ2n) is 10.4. The van der Waals surface area contributed by atoms with Crippen molar-refractivity contribution in [2.45, 2.75) is 13.5 Å². The molecule has 0 fully saturated rings. The molecule has 0 aliphatic rings. The van der Waals surface area contributed by atoms with Gasteiger partial charge in [0.05, 0.1) is 41.0 Å². The predicted molar refractivity (Wildman–Crippen MR) is 166 cm³/mol. The summed E-state index contributed by atoms with van der Waals surface area (Å²) in [5.41, 5.74) is 5.15. The maximum atomic E-state index is 13.7. The topological polar surface area (TPSA) is 130 Å². The number of aliphatic hydroxyl groups excluding tert-OH is 1. The van der Waals surface area contributed by atoms with E-state index in [1.165, 1.54) is 38.4 Å². The van der Waals surface area contributed by atoms with Crippen molar-refractivity contribution >= 4 is 38.1 Å². The molecule has 4 aromatic heterocycles. The Morgan fingerprint density at radius 1 is 1.09 bits per heavy atom. The zero-order chi connectivity index (χ0) is 31.3. The van der Waals surface area contributed by atoms with Crippen LogP contribution in [0.25, 0.3) is 50.5 Å². The third-order valence-electron chi connectivity index (χ3n) is 7.60. The van der Waals surface area contributed by atoms with E-state index in [4.69, 9.17) is 9.40 Å². The summed E-state index contributed by atoms with van der Waals surface area (Å²) >= 11 is 0. The van der Waals surface area contributed by atoms with E-state index in [2.05, 4.69) is 10.4 Å². The van der Waals surface area contributed by atoms with Crippen LogP contribution in [-0.4, -0.2) is 54.4 Å². The van der Waals surface area contributed by atoms with Crippen LogP contribution in [0.1, 0.15) is 21.5 Å². The zero-order valence-corrected chi connectivity index (χ0v) is 25.1. The van der Waals surface area contributed by atoms with Gasteiger partial charge >= 0.3 is 0 Å². The third-order valence-corrected chi connectivity index (χ3v) is 8.79. The van der Waals surface area contributed by atoms with E-state index in [0.29, 0.717) is 39.2 Å². The quantitative estimate of drug-likeness (QED) is 0.254. The van der Waals surface area contributed by atoms with Crippen LogP contribution in [0.15, 0.2) is 77.3 Å². The minimum Gasteiger partial charge on any atom is -0.455 e. The van der Waals surface area contributed by atoms with Gasteiger partial charge in [-0.15, -0.1) is 0 Å². The molecule has 2 aromatic carbocycles. The number of halogens is 1. The average molecular weight is 614 g/mol. The molecule has 0 bridgehead atoms. The van der Waals surface area contributed by atoms with Crippen molar-refractivity contribution in [1.29, 1.82) is 0 Å². The number of benzene rings is 2. The van der Waals surface area contributed by atoms with Crippen LogP contribution < -0.4 is 9.62 Å². The molecule has 0 aliphatic carbocycles. The molecule has 0 spiro atoms. The minimum absolute atomic E-state index is 0.208. The van der Waals surface area contributed by atoms with E-state index in [9.17, 15) is 22.7 Å². The van der Waals surface area contributed by atoms with Gasteiger partial charge < -0.3 is 14.8 Å². The van der Waals surface area contributed by atoms with Gasteiger partial charge in [0, 0.05) is 48.4 Å². The molecule has 6 aromatic rings. The number of carbonyl (C=O) groups is 1. The van der Waals surface area contributed by atoms with E-state index < -0.39 is 21.7 Å². The van der Waals surface area contributed by atoms with Gasteiger partial charge in [0.2, 0.25) is 10.0 Å². The van der Waals surface area contributed by atoms with Crippen LogP contribution in [0, 0.1) is 12.7 Å². The summed E-state index contributed by atoms with van der Waals surface area (Å²) in [5, 5.41) is 18.0. The van der Waals surface area contributed by atoms with E-state index >= 15 is 0 Å². The fraction of sp³-hybridized carbons (Fsp3) is 0.156. The fourth-order valence-electron chi connectivity index (χ4n) is 5.25. The number of sulfonamides is 1. The lowest BCUT2D eigenvalue weighted by atomic mass is 9.99. The van der Waals surface area contributed by atoms with Crippen LogP contribution in [0.4, 0.5) is 10.1 Å². The molecule has 224 valence electrons. The molecule has 0 saturated carbocycles. The predicted octanol–water partition coefficient (Wildman–Crippen LogP) is 5.17. The monoisotopic (exact) mass is 613 g/mol. The highest BCUT2D eigenvalue weighted by molar-refractivity contribution is 7.92. The van der Waals surface area contributed by atoms with Crippen LogP contribution in [-0.2, 0) is 16.6 Å². The number of pyridine rings is 2. The lowest BCUT2D eigenvalue weighted by Crippen LogP contribution is -2.25. The van der Waals surface area contributed by atoms with Crippen LogP contribution in [0.3, 0.4) is 0 Å². The number of aromatic nitrogens is 3. The number of aliphatic hydroxyl groups is 1. The van der Waals surface area contributed by atoms with E-state index in [-0.39, 0.29) is 29.2 Å². The number of nitrogens with zero attached hydrogens (tertiary/aromatic N) is 4. The first-order valence-corrected chi connectivity index (χ1v) is 15.4. The largest absolute Gasteiger partial charge is 0.455 e. The molecule has 0 atom stereocenters. The van der Waals surface area contributed by atoms with Gasteiger partial charge in [0.1, 0.15) is 22.9 Å². The molecule has 6 rings (SSSR count). The third kappa shape index (κ3) is 4.87. The normalized spacial score (nSPS) is 11.8. The summed E-state index contributed by atoms with van der Waals surface area (Å²) in [4.78, 5) is 18.2. The number of carbonyl (C=O) groups excluding carboxylic acids is 1. The van der Waals surface area contributed by atoms with Gasteiger partial charge in [-0.1, -0.05) is 12.1 Å². The number of nitrogens with one attached hydrogen (secondary N) is 1. The molecular formula is C32H28FN5O5S. The highest BCUT2D eigenvalue weighted by Gasteiger charge is 2.27. The standard InChI is InChI=1S/C32H28FN5O5S/c1-18-8-13-24(35-29(18)30-23(17-39)25-7-5-6-14-38(25)36-30)21-15-22-27(16-26(21)37(3)44(4,41)42)43-31(28(22)32(40)34-2)19-9-11-20(33)12-10-19/h5-16,39H,17H2,1-4H3,(H,34,40). The average Bonchev–Trinajstić information content (AvgIpc) is 3.58. The molecule has 10 nitrogen and oxygen atoms in total. The first-order chi connectivity index (χ1) is 21.0. The van der Waals surface area contributed by atoms with Crippen LogP contribution >= 0.6 is 0 Å². The van der Waals surface area contributed by atoms with Crippen molar-refractivity contribution in [1.82, 2.24) is 19.9 Å². The van der Waals surface area contributed by atoms with Crippen molar-refractivity contribution in [3.8, 4) is 34.0 Å². The first-order valence-electron chi connectivity index (χ1n) is 13.6. The molecule has 2 N–H and O–H groups in total. The van der Waals surface area contributed by atoms with Crippen molar-refractivity contribution < 1.29 is 27.1 Å². The lowest BCUT2D eigenvalue weighted by molar-refractivity contribution is 0.0964. The number of aryl methyl sites for hydroxylation is 1. The van der Waals surface area contributed by atoms with Crippen molar-refractivity contribution in [2.75, 3.05) is 24.7 Å². The Morgan fingerprint density at radius 3 is 2.52 bits per heavy atom. The Morgan fingerprint density at radius 2 is 1.84 bits per heavy atom. The number of amides is 1. The molecule has 44 heavy (non-hydrogen) atoms. The van der Waals surface area contributed by atoms with Gasteiger partial charge in [0.25, 0.3) is 5.91 Å². The second kappa shape index (κ2) is 10.9. The van der Waals surface area contributed by atoms with E-state index in [1.54, 1.807) is 28.9 Å². The van der Waals surface area contributed by atoms with Gasteiger partial charge in [0.15, 0.2) is 0 Å². The Balaban J connectivity index is 1.64. The van der Waals surface area contributed by atoms with Crippen molar-refractivity contribution in [3.05, 3.63) is 95.4 Å². The molecule has 0 aliphatic heterocycles. The van der Waals surface area contributed by atoms with Gasteiger partial charge in [-0.3, -0.25) is 9.10 Å². The summed E-state index contributed by atoms with van der Waals surface area (Å²) < 4.78 is 48.2. The van der Waals surface area contributed by atoms with E-state index in [0.717, 1.165) is 21.6 Å². The highest BCUT2D eigenvalue weighted by Crippen LogP contribution is 2.41. The summed E-state index contributed by atoms with van der Waals surface area (Å²) in [5.74, 6) is -0.672. The number of fused-ring (bicyclic) bond motifs is 2. The molecule has 4 heterocycles. The number of rotatable bonds is 7. The lowest BCUT2D eigenvalue weighted by Gasteiger charge is -2.20. The highest BCUT2D eigenvalue weighted by atomic mass is 32.2. The molecule has 0 unspecified atom stereocenters. The first kappa shape index (κ1) is 29.0.